The van der Waals surface area contributed by atoms with Crippen molar-refractivity contribution in [3.63, 3.8) is 0 Å². The fourth-order valence-electron chi connectivity index (χ4n) is 1.86. The van der Waals surface area contributed by atoms with Gasteiger partial charge in [-0.2, -0.15) is 5.10 Å². The first-order chi connectivity index (χ1) is 10.5. The van der Waals surface area contributed by atoms with Crippen LogP contribution in [0.15, 0.2) is 36.4 Å². The maximum absolute atomic E-state index is 12.0. The maximum atomic E-state index is 12.0. The van der Waals surface area contributed by atoms with Crippen LogP contribution in [0.2, 0.25) is 0 Å². The zero-order valence-electron chi connectivity index (χ0n) is 12.4. The standard InChI is InChI=1S/C15H18N4O3/c1-10(20)9-16-15(22)13-8-14(17-11(2)21)19(18-13)12-6-4-3-5-7-12/h3-8,10,20H,9H2,1-2H3,(H,16,22)(H,17,21). The molecule has 3 N–H and O–H groups in total. The number of carbonyl (C=O) groups excluding carboxylic acids is 2. The largest absolute Gasteiger partial charge is 0.392 e. The Morgan fingerprint density at radius 2 is 2.00 bits per heavy atom. The fourth-order valence-corrected chi connectivity index (χ4v) is 1.86. The Morgan fingerprint density at radius 1 is 1.32 bits per heavy atom. The van der Waals surface area contributed by atoms with E-state index in [4.69, 9.17) is 0 Å². The van der Waals surface area contributed by atoms with Crippen molar-refractivity contribution in [3.8, 4) is 5.69 Å². The molecule has 0 spiro atoms. The van der Waals surface area contributed by atoms with E-state index in [1.165, 1.54) is 17.7 Å². The van der Waals surface area contributed by atoms with E-state index < -0.39 is 12.0 Å². The summed E-state index contributed by atoms with van der Waals surface area (Å²) in [6.45, 7) is 3.09. The molecular weight excluding hydrogens is 284 g/mol. The van der Waals surface area contributed by atoms with E-state index in [1.807, 2.05) is 30.3 Å². The first-order valence-corrected chi connectivity index (χ1v) is 6.86. The van der Waals surface area contributed by atoms with Crippen molar-refractivity contribution in [1.29, 1.82) is 0 Å². The second kappa shape index (κ2) is 6.86. The van der Waals surface area contributed by atoms with Crippen molar-refractivity contribution < 1.29 is 14.7 Å². The molecule has 1 aromatic heterocycles. The number of amides is 2. The average molecular weight is 302 g/mol. The van der Waals surface area contributed by atoms with Gasteiger partial charge in [0.15, 0.2) is 5.69 Å². The number of nitrogens with zero attached hydrogens (tertiary/aromatic N) is 2. The summed E-state index contributed by atoms with van der Waals surface area (Å²) in [6, 6.07) is 10.7. The highest BCUT2D eigenvalue weighted by molar-refractivity contribution is 5.95. The number of hydrogen-bond donors (Lipinski definition) is 3. The molecule has 1 atom stereocenters. The number of anilines is 1. The molecule has 0 saturated heterocycles. The quantitative estimate of drug-likeness (QED) is 0.766. The van der Waals surface area contributed by atoms with Crippen LogP contribution in [-0.4, -0.2) is 39.4 Å². The SMILES string of the molecule is CC(=O)Nc1cc(C(=O)NCC(C)O)nn1-c1ccccc1. The Bertz CT molecular complexity index is 665. The predicted molar refractivity (Wildman–Crippen MR) is 81.9 cm³/mol. The van der Waals surface area contributed by atoms with Gasteiger partial charge in [0.05, 0.1) is 11.8 Å². The van der Waals surface area contributed by atoms with Crippen LogP contribution >= 0.6 is 0 Å². The number of para-hydroxylation sites is 1. The van der Waals surface area contributed by atoms with E-state index in [2.05, 4.69) is 15.7 Å². The van der Waals surface area contributed by atoms with E-state index in [9.17, 15) is 14.7 Å². The lowest BCUT2D eigenvalue weighted by atomic mass is 10.3. The number of nitrogens with one attached hydrogen (secondary N) is 2. The second-order valence-electron chi connectivity index (χ2n) is 4.90. The summed E-state index contributed by atoms with van der Waals surface area (Å²) in [5.74, 6) is -0.268. The average Bonchev–Trinajstić information content (AvgIpc) is 2.88. The molecular formula is C15H18N4O3. The first-order valence-electron chi connectivity index (χ1n) is 6.86. The molecule has 0 saturated carbocycles. The molecule has 2 rings (SSSR count). The third-order valence-corrected chi connectivity index (χ3v) is 2.80. The molecule has 0 aliphatic heterocycles. The fraction of sp³-hybridized carbons (Fsp3) is 0.267. The van der Waals surface area contributed by atoms with Gasteiger partial charge in [-0.1, -0.05) is 18.2 Å². The third kappa shape index (κ3) is 3.92. The smallest absolute Gasteiger partial charge is 0.271 e. The number of rotatable bonds is 5. The molecule has 1 heterocycles. The van der Waals surface area contributed by atoms with Crippen molar-refractivity contribution in [3.05, 3.63) is 42.1 Å². The molecule has 0 radical (unpaired) electrons. The molecule has 0 bridgehead atoms. The van der Waals surface area contributed by atoms with Gasteiger partial charge in [-0.15, -0.1) is 0 Å². The Labute approximate surface area is 128 Å². The van der Waals surface area contributed by atoms with Crippen LogP contribution in [-0.2, 0) is 4.79 Å². The highest BCUT2D eigenvalue weighted by Gasteiger charge is 2.16. The summed E-state index contributed by atoms with van der Waals surface area (Å²) in [4.78, 5) is 23.3. The van der Waals surface area contributed by atoms with Crippen LogP contribution in [0, 0.1) is 0 Å². The number of benzene rings is 1. The summed E-state index contributed by atoms with van der Waals surface area (Å²) >= 11 is 0. The van der Waals surface area contributed by atoms with Crippen LogP contribution in [0.5, 0.6) is 0 Å². The molecule has 1 unspecified atom stereocenters. The summed E-state index contributed by atoms with van der Waals surface area (Å²) in [7, 11) is 0. The topological polar surface area (TPSA) is 96.2 Å². The normalized spacial score (nSPS) is 11.8. The minimum absolute atomic E-state index is 0.131. The summed E-state index contributed by atoms with van der Waals surface area (Å²) in [6.07, 6.45) is -0.644. The number of hydrogen-bond acceptors (Lipinski definition) is 4. The van der Waals surface area contributed by atoms with E-state index in [0.29, 0.717) is 5.82 Å². The van der Waals surface area contributed by atoms with Gasteiger partial charge in [-0.25, -0.2) is 4.68 Å². The molecule has 7 heteroatoms. The van der Waals surface area contributed by atoms with Gasteiger partial charge in [0.2, 0.25) is 5.91 Å². The predicted octanol–water partition coefficient (Wildman–Crippen LogP) is 0.941. The van der Waals surface area contributed by atoms with Gasteiger partial charge < -0.3 is 15.7 Å². The first kappa shape index (κ1) is 15.7. The van der Waals surface area contributed by atoms with E-state index >= 15 is 0 Å². The highest BCUT2D eigenvalue weighted by atomic mass is 16.3. The van der Waals surface area contributed by atoms with Crippen molar-refractivity contribution in [2.75, 3.05) is 11.9 Å². The van der Waals surface area contributed by atoms with E-state index in [1.54, 1.807) is 6.92 Å². The monoisotopic (exact) mass is 302 g/mol. The Hall–Kier alpha value is -2.67. The Balaban J connectivity index is 2.32. The third-order valence-electron chi connectivity index (χ3n) is 2.80. The molecule has 22 heavy (non-hydrogen) atoms. The minimum atomic E-state index is -0.644. The molecule has 0 aliphatic carbocycles. The molecule has 116 valence electrons. The van der Waals surface area contributed by atoms with Crippen LogP contribution in [0.25, 0.3) is 5.69 Å². The zero-order valence-corrected chi connectivity index (χ0v) is 12.4. The number of carbonyl (C=O) groups is 2. The van der Waals surface area contributed by atoms with Crippen molar-refractivity contribution in [2.45, 2.75) is 20.0 Å². The zero-order chi connectivity index (χ0) is 16.1. The molecule has 0 fully saturated rings. The van der Waals surface area contributed by atoms with Gasteiger partial charge in [-0.3, -0.25) is 9.59 Å². The Kier molecular flexibility index (Phi) is 4.90. The molecule has 0 aliphatic rings. The lowest BCUT2D eigenvalue weighted by Crippen LogP contribution is -2.30. The van der Waals surface area contributed by atoms with Crippen LogP contribution < -0.4 is 10.6 Å². The van der Waals surface area contributed by atoms with Gasteiger partial charge in [0, 0.05) is 19.5 Å². The van der Waals surface area contributed by atoms with Crippen LogP contribution in [0.4, 0.5) is 5.82 Å². The number of aliphatic hydroxyl groups is 1. The number of aliphatic hydroxyl groups excluding tert-OH is 1. The van der Waals surface area contributed by atoms with Crippen LogP contribution in [0.3, 0.4) is 0 Å². The van der Waals surface area contributed by atoms with E-state index in [-0.39, 0.29) is 18.1 Å². The summed E-state index contributed by atoms with van der Waals surface area (Å²) < 4.78 is 1.48. The van der Waals surface area contributed by atoms with E-state index in [0.717, 1.165) is 5.69 Å². The lowest BCUT2D eigenvalue weighted by molar-refractivity contribution is -0.114. The van der Waals surface area contributed by atoms with Crippen LogP contribution in [0.1, 0.15) is 24.3 Å². The van der Waals surface area contributed by atoms with Gasteiger partial charge >= 0.3 is 0 Å². The number of aromatic nitrogens is 2. The van der Waals surface area contributed by atoms with Crippen molar-refractivity contribution >= 4 is 17.6 Å². The highest BCUT2D eigenvalue weighted by Crippen LogP contribution is 2.17. The second-order valence-corrected chi connectivity index (χ2v) is 4.90. The molecule has 2 aromatic rings. The molecule has 1 aromatic carbocycles. The van der Waals surface area contributed by atoms with Crippen molar-refractivity contribution in [1.82, 2.24) is 15.1 Å². The van der Waals surface area contributed by atoms with Gasteiger partial charge in [0.1, 0.15) is 5.82 Å². The summed E-state index contributed by atoms with van der Waals surface area (Å²) in [5.41, 5.74) is 0.883. The maximum Gasteiger partial charge on any atom is 0.271 e. The van der Waals surface area contributed by atoms with Crippen molar-refractivity contribution in [2.24, 2.45) is 0 Å². The minimum Gasteiger partial charge on any atom is -0.392 e. The molecule has 7 nitrogen and oxygen atoms in total. The lowest BCUT2D eigenvalue weighted by Gasteiger charge is -2.06. The molecule has 2 amide bonds. The Morgan fingerprint density at radius 3 is 2.59 bits per heavy atom. The van der Waals surface area contributed by atoms with Gasteiger partial charge in [0.25, 0.3) is 5.91 Å². The summed E-state index contributed by atoms with van der Waals surface area (Å²) in [5, 5.41) is 18.6. The van der Waals surface area contributed by atoms with Gasteiger partial charge in [-0.05, 0) is 19.1 Å².